The molecule has 1 aliphatic rings. The van der Waals surface area contributed by atoms with Crippen LogP contribution >= 0.6 is 12.4 Å². The molecule has 21 heavy (non-hydrogen) atoms. The van der Waals surface area contributed by atoms with Crippen molar-refractivity contribution < 1.29 is 18.0 Å². The fraction of sp³-hybridized carbons (Fsp3) is 0.500. The zero-order valence-electron chi connectivity index (χ0n) is 11.3. The van der Waals surface area contributed by atoms with E-state index in [0.29, 0.717) is 26.2 Å². The van der Waals surface area contributed by atoms with Crippen molar-refractivity contribution in [1.29, 1.82) is 0 Å². The maximum Gasteiger partial charge on any atom is 0.435 e. The van der Waals surface area contributed by atoms with Gasteiger partial charge in [-0.15, -0.1) is 12.4 Å². The van der Waals surface area contributed by atoms with E-state index in [-0.39, 0.29) is 23.8 Å². The predicted molar refractivity (Wildman–Crippen MR) is 75.0 cm³/mol. The summed E-state index contributed by atoms with van der Waals surface area (Å²) in [7, 11) is 1.35. The lowest BCUT2D eigenvalue weighted by molar-refractivity contribution is -0.140. The van der Waals surface area contributed by atoms with E-state index >= 15 is 0 Å². The summed E-state index contributed by atoms with van der Waals surface area (Å²) in [4.78, 5) is 16.5. The Labute approximate surface area is 126 Å². The van der Waals surface area contributed by atoms with Gasteiger partial charge >= 0.3 is 6.18 Å². The van der Waals surface area contributed by atoms with E-state index in [9.17, 15) is 18.0 Å². The highest BCUT2D eigenvalue weighted by molar-refractivity contribution is 5.92. The summed E-state index contributed by atoms with van der Waals surface area (Å²) < 4.78 is 39.3. The molecule has 2 N–H and O–H groups in total. The third-order valence-corrected chi connectivity index (χ3v) is 3.06. The number of hydrogen-bond donors (Lipinski definition) is 2. The summed E-state index contributed by atoms with van der Waals surface area (Å²) in [6.07, 6.45) is -4.59. The molecule has 1 fully saturated rings. The first-order chi connectivity index (χ1) is 9.43. The van der Waals surface area contributed by atoms with E-state index in [1.807, 2.05) is 0 Å². The summed E-state index contributed by atoms with van der Waals surface area (Å²) in [6, 6.07) is 2.62. The fourth-order valence-electron chi connectivity index (χ4n) is 2.08. The van der Waals surface area contributed by atoms with Crippen molar-refractivity contribution in [1.82, 2.24) is 15.6 Å². The van der Waals surface area contributed by atoms with Crippen LogP contribution in [-0.4, -0.2) is 44.1 Å². The molecule has 2 heterocycles. The summed E-state index contributed by atoms with van der Waals surface area (Å²) in [5.41, 5.74) is -1.23. The van der Waals surface area contributed by atoms with Crippen molar-refractivity contribution in [2.75, 3.05) is 38.1 Å². The minimum Gasteiger partial charge on any atom is -0.367 e. The van der Waals surface area contributed by atoms with Crippen molar-refractivity contribution in [2.45, 2.75) is 6.18 Å². The lowest BCUT2D eigenvalue weighted by Gasteiger charge is -2.31. The molecule has 0 aliphatic carbocycles. The monoisotopic (exact) mass is 324 g/mol. The lowest BCUT2D eigenvalue weighted by Crippen LogP contribution is -2.44. The standard InChI is InChI=1S/C12H15F3N4O.ClH/c1-16-11(20)8-2-3-9(10(18-8)12(13,14)15)19-6-4-17-5-7-19;/h2-3,17H,4-7H2,1H3,(H,16,20);1H. The number of rotatable bonds is 2. The lowest BCUT2D eigenvalue weighted by atomic mass is 10.2. The molecule has 5 nitrogen and oxygen atoms in total. The molecular weight excluding hydrogens is 309 g/mol. The number of nitrogens with zero attached hydrogens (tertiary/aromatic N) is 2. The average Bonchev–Trinajstić information content (AvgIpc) is 2.46. The summed E-state index contributed by atoms with van der Waals surface area (Å²) in [6.45, 7) is 2.19. The van der Waals surface area contributed by atoms with Crippen molar-refractivity contribution in [3.8, 4) is 0 Å². The van der Waals surface area contributed by atoms with Crippen LogP contribution in [0, 0.1) is 0 Å². The molecule has 1 saturated heterocycles. The van der Waals surface area contributed by atoms with Gasteiger partial charge < -0.3 is 15.5 Å². The maximum absolute atomic E-state index is 13.1. The first-order valence-electron chi connectivity index (χ1n) is 6.19. The highest BCUT2D eigenvalue weighted by Crippen LogP contribution is 2.35. The fourth-order valence-corrected chi connectivity index (χ4v) is 2.08. The second kappa shape index (κ2) is 6.95. The van der Waals surface area contributed by atoms with Gasteiger partial charge in [-0.25, -0.2) is 4.98 Å². The summed E-state index contributed by atoms with van der Waals surface area (Å²) in [5, 5.41) is 5.34. The summed E-state index contributed by atoms with van der Waals surface area (Å²) >= 11 is 0. The van der Waals surface area contributed by atoms with Crippen LogP contribution in [0.1, 0.15) is 16.2 Å². The predicted octanol–water partition coefficient (Wildman–Crippen LogP) is 1.29. The maximum atomic E-state index is 13.1. The normalized spacial score (nSPS) is 15.3. The molecule has 2 rings (SSSR count). The van der Waals surface area contributed by atoms with Gasteiger partial charge in [0.15, 0.2) is 5.69 Å². The molecule has 9 heteroatoms. The smallest absolute Gasteiger partial charge is 0.367 e. The van der Waals surface area contributed by atoms with Gasteiger partial charge in [0, 0.05) is 33.2 Å². The quantitative estimate of drug-likeness (QED) is 0.861. The number of carbonyl (C=O) groups is 1. The van der Waals surface area contributed by atoms with E-state index < -0.39 is 17.8 Å². The number of alkyl halides is 3. The van der Waals surface area contributed by atoms with Crippen molar-refractivity contribution in [2.24, 2.45) is 0 Å². The molecule has 1 aliphatic heterocycles. The third-order valence-electron chi connectivity index (χ3n) is 3.06. The molecule has 0 atom stereocenters. The Hall–Kier alpha value is -1.54. The van der Waals surface area contributed by atoms with E-state index in [4.69, 9.17) is 0 Å². The number of halogens is 4. The molecule has 118 valence electrons. The van der Waals surface area contributed by atoms with E-state index in [1.54, 1.807) is 4.90 Å². The number of hydrogen-bond acceptors (Lipinski definition) is 4. The highest BCUT2D eigenvalue weighted by atomic mass is 35.5. The first kappa shape index (κ1) is 17.5. The number of pyridine rings is 1. The zero-order valence-corrected chi connectivity index (χ0v) is 12.1. The molecule has 1 aromatic rings. The van der Waals surface area contributed by atoms with Crippen LogP contribution in [0.4, 0.5) is 18.9 Å². The van der Waals surface area contributed by atoms with Crippen LogP contribution < -0.4 is 15.5 Å². The molecule has 0 radical (unpaired) electrons. The second-order valence-electron chi connectivity index (χ2n) is 4.38. The number of anilines is 1. The Balaban J connectivity index is 0.00000220. The molecular formula is C12H16ClF3N4O. The van der Waals surface area contributed by atoms with Gasteiger partial charge in [-0.3, -0.25) is 4.79 Å². The minimum absolute atomic E-state index is 0. The average molecular weight is 325 g/mol. The van der Waals surface area contributed by atoms with Crippen LogP contribution in [0.25, 0.3) is 0 Å². The van der Waals surface area contributed by atoms with E-state index in [0.717, 1.165) is 0 Å². The highest BCUT2D eigenvalue weighted by Gasteiger charge is 2.37. The Morgan fingerprint density at radius 2 is 1.95 bits per heavy atom. The SMILES string of the molecule is CNC(=O)c1ccc(N2CCNCC2)c(C(F)(F)F)n1.Cl. The number of amides is 1. The number of carbonyl (C=O) groups excluding carboxylic acids is 1. The first-order valence-corrected chi connectivity index (χ1v) is 6.19. The molecule has 0 bridgehead atoms. The van der Waals surface area contributed by atoms with Crippen molar-refractivity contribution in [3.05, 3.63) is 23.5 Å². The topological polar surface area (TPSA) is 57.3 Å². The Bertz CT molecular complexity index is 504. The Morgan fingerprint density at radius 1 is 1.33 bits per heavy atom. The van der Waals surface area contributed by atoms with Gasteiger partial charge in [-0.2, -0.15) is 13.2 Å². The molecule has 0 saturated carbocycles. The Kier molecular flexibility index (Phi) is 5.79. The van der Waals surface area contributed by atoms with Gasteiger partial charge in [0.05, 0.1) is 5.69 Å². The van der Waals surface area contributed by atoms with E-state index in [1.165, 1.54) is 19.2 Å². The molecule has 0 aromatic carbocycles. The molecule has 1 aromatic heterocycles. The zero-order chi connectivity index (χ0) is 14.8. The van der Waals surface area contributed by atoms with Gasteiger partial charge in [0.2, 0.25) is 0 Å². The van der Waals surface area contributed by atoms with Gasteiger partial charge in [0.25, 0.3) is 5.91 Å². The number of nitrogens with one attached hydrogen (secondary N) is 2. The van der Waals surface area contributed by atoms with Crippen molar-refractivity contribution in [3.63, 3.8) is 0 Å². The van der Waals surface area contributed by atoms with Gasteiger partial charge in [0.1, 0.15) is 5.69 Å². The second-order valence-corrected chi connectivity index (χ2v) is 4.38. The van der Waals surface area contributed by atoms with Crippen LogP contribution in [0.3, 0.4) is 0 Å². The van der Waals surface area contributed by atoms with Crippen LogP contribution in [0.15, 0.2) is 12.1 Å². The molecule has 0 spiro atoms. The van der Waals surface area contributed by atoms with Gasteiger partial charge in [-0.1, -0.05) is 0 Å². The van der Waals surface area contributed by atoms with Crippen LogP contribution in [0.5, 0.6) is 0 Å². The van der Waals surface area contributed by atoms with Crippen LogP contribution in [-0.2, 0) is 6.18 Å². The van der Waals surface area contributed by atoms with E-state index in [2.05, 4.69) is 15.6 Å². The number of aromatic nitrogens is 1. The van der Waals surface area contributed by atoms with Crippen LogP contribution in [0.2, 0.25) is 0 Å². The largest absolute Gasteiger partial charge is 0.435 e. The Morgan fingerprint density at radius 3 is 2.48 bits per heavy atom. The van der Waals surface area contributed by atoms with Gasteiger partial charge in [-0.05, 0) is 12.1 Å². The van der Waals surface area contributed by atoms with Crippen molar-refractivity contribution >= 4 is 24.0 Å². The minimum atomic E-state index is -4.59. The molecule has 0 unspecified atom stereocenters. The third kappa shape index (κ3) is 3.98. The summed E-state index contributed by atoms with van der Waals surface area (Å²) in [5.74, 6) is -0.637. The number of piperazine rings is 1. The molecule has 1 amide bonds.